The standard InChI is InChI=1S/C21H18N2O.C8H14O3/c1-3-15-9-11-16(12-10-15)19-18-14(2)22-13-23-21(18)24-20(19)17-7-5-4-6-8-17;1-6-2-3-7(4-6)11-5-8(9)10/h4-13H,3H2,1-2H3;6-7H,2-5H2,1H3,(H,9,10). The number of ether oxygens (including phenoxy) is 1. The number of carboxylic acid groups (broad SMARTS) is 1. The zero-order chi connectivity index (χ0) is 24.8. The van der Waals surface area contributed by atoms with Crippen LogP contribution in [0.4, 0.5) is 0 Å². The Hall–Kier alpha value is -3.51. The molecule has 2 aromatic carbocycles. The fourth-order valence-corrected chi connectivity index (χ4v) is 4.55. The van der Waals surface area contributed by atoms with Gasteiger partial charge in [-0.2, -0.15) is 0 Å². The molecular formula is C29H32N2O4. The van der Waals surface area contributed by atoms with E-state index in [4.69, 9.17) is 14.3 Å². The SMILES string of the molecule is CC1CCC(OCC(=O)O)C1.CCc1ccc(-c2c(-c3ccccc3)oc3ncnc(C)c23)cc1. The van der Waals surface area contributed by atoms with Crippen molar-refractivity contribution in [1.29, 1.82) is 0 Å². The first kappa shape index (κ1) is 24.6. The maximum absolute atomic E-state index is 10.1. The molecule has 0 bridgehead atoms. The van der Waals surface area contributed by atoms with Crippen molar-refractivity contribution in [2.45, 2.75) is 52.6 Å². The number of hydrogen-bond donors (Lipinski definition) is 1. The lowest BCUT2D eigenvalue weighted by atomic mass is 9.97. The molecule has 2 atom stereocenters. The fourth-order valence-electron chi connectivity index (χ4n) is 4.55. The van der Waals surface area contributed by atoms with Crippen LogP contribution in [0.5, 0.6) is 0 Å². The van der Waals surface area contributed by atoms with E-state index >= 15 is 0 Å². The van der Waals surface area contributed by atoms with Gasteiger partial charge in [0.15, 0.2) is 0 Å². The smallest absolute Gasteiger partial charge is 0.329 e. The van der Waals surface area contributed by atoms with E-state index in [0.29, 0.717) is 11.6 Å². The lowest BCUT2D eigenvalue weighted by molar-refractivity contribution is -0.144. The lowest BCUT2D eigenvalue weighted by Gasteiger charge is -2.08. The number of fused-ring (bicyclic) bond motifs is 1. The Labute approximate surface area is 206 Å². The topological polar surface area (TPSA) is 85.5 Å². The third-order valence-electron chi connectivity index (χ3n) is 6.45. The molecule has 2 heterocycles. The van der Waals surface area contributed by atoms with E-state index in [0.717, 1.165) is 52.8 Å². The summed E-state index contributed by atoms with van der Waals surface area (Å²) >= 11 is 0. The van der Waals surface area contributed by atoms with Gasteiger partial charge in [-0.25, -0.2) is 14.8 Å². The van der Waals surface area contributed by atoms with Gasteiger partial charge in [-0.1, -0.05) is 68.4 Å². The molecular weight excluding hydrogens is 440 g/mol. The van der Waals surface area contributed by atoms with Crippen LogP contribution < -0.4 is 0 Å². The molecule has 35 heavy (non-hydrogen) atoms. The van der Waals surface area contributed by atoms with Crippen molar-refractivity contribution >= 4 is 17.1 Å². The van der Waals surface area contributed by atoms with Gasteiger partial charge < -0.3 is 14.3 Å². The summed E-state index contributed by atoms with van der Waals surface area (Å²) in [4.78, 5) is 18.8. The van der Waals surface area contributed by atoms with Crippen molar-refractivity contribution in [2.24, 2.45) is 5.92 Å². The molecule has 0 saturated heterocycles. The second-order valence-electron chi connectivity index (χ2n) is 9.11. The van der Waals surface area contributed by atoms with Gasteiger partial charge in [0.25, 0.3) is 0 Å². The zero-order valence-corrected chi connectivity index (χ0v) is 20.5. The summed E-state index contributed by atoms with van der Waals surface area (Å²) in [5.41, 5.74) is 6.13. The van der Waals surface area contributed by atoms with Crippen molar-refractivity contribution in [2.75, 3.05) is 6.61 Å². The molecule has 6 nitrogen and oxygen atoms in total. The summed E-state index contributed by atoms with van der Waals surface area (Å²) in [6.45, 7) is 6.19. The zero-order valence-electron chi connectivity index (χ0n) is 20.5. The fraction of sp³-hybridized carbons (Fsp3) is 0.345. The molecule has 2 unspecified atom stereocenters. The molecule has 0 spiro atoms. The molecule has 0 amide bonds. The Kier molecular flexibility index (Phi) is 7.93. The summed E-state index contributed by atoms with van der Waals surface area (Å²) < 4.78 is 11.3. The number of aromatic nitrogens is 2. The van der Waals surface area contributed by atoms with Crippen LogP contribution in [0, 0.1) is 12.8 Å². The highest BCUT2D eigenvalue weighted by Crippen LogP contribution is 2.41. The van der Waals surface area contributed by atoms with Crippen LogP contribution in [0.1, 0.15) is 44.4 Å². The molecule has 6 heteroatoms. The minimum atomic E-state index is -0.871. The van der Waals surface area contributed by atoms with Gasteiger partial charge in [0.05, 0.1) is 17.2 Å². The largest absolute Gasteiger partial charge is 0.480 e. The Balaban J connectivity index is 0.000000221. The van der Waals surface area contributed by atoms with E-state index in [2.05, 4.69) is 60.2 Å². The molecule has 0 radical (unpaired) electrons. The Morgan fingerprint density at radius 3 is 2.43 bits per heavy atom. The van der Waals surface area contributed by atoms with E-state index in [1.54, 1.807) is 6.33 Å². The van der Waals surface area contributed by atoms with Crippen molar-refractivity contribution in [1.82, 2.24) is 9.97 Å². The van der Waals surface area contributed by atoms with Crippen LogP contribution in [-0.2, 0) is 16.0 Å². The molecule has 1 N–H and O–H groups in total. The molecule has 4 aromatic rings. The average molecular weight is 473 g/mol. The van der Waals surface area contributed by atoms with E-state index in [1.165, 1.54) is 12.0 Å². The number of aliphatic carboxylic acids is 1. The van der Waals surface area contributed by atoms with Gasteiger partial charge in [0.2, 0.25) is 5.71 Å². The maximum atomic E-state index is 10.1. The number of rotatable bonds is 6. The molecule has 0 aliphatic heterocycles. The molecule has 1 fully saturated rings. The molecule has 5 rings (SSSR count). The van der Waals surface area contributed by atoms with Crippen molar-refractivity contribution < 1.29 is 19.1 Å². The molecule has 1 aliphatic carbocycles. The summed E-state index contributed by atoms with van der Waals surface area (Å²) in [5, 5.41) is 9.30. The van der Waals surface area contributed by atoms with Gasteiger partial charge in [-0.15, -0.1) is 0 Å². The number of carbonyl (C=O) groups is 1. The van der Waals surface area contributed by atoms with Crippen molar-refractivity contribution in [3.05, 3.63) is 72.2 Å². The predicted molar refractivity (Wildman–Crippen MR) is 137 cm³/mol. The number of hydrogen-bond acceptors (Lipinski definition) is 5. The van der Waals surface area contributed by atoms with E-state index < -0.39 is 5.97 Å². The van der Waals surface area contributed by atoms with Crippen LogP contribution in [0.25, 0.3) is 33.6 Å². The summed E-state index contributed by atoms with van der Waals surface area (Å²) in [6.07, 6.45) is 5.99. The number of carboxylic acids is 1. The van der Waals surface area contributed by atoms with Gasteiger partial charge in [0, 0.05) is 11.1 Å². The maximum Gasteiger partial charge on any atom is 0.329 e. The van der Waals surface area contributed by atoms with Crippen LogP contribution in [0.3, 0.4) is 0 Å². The Morgan fingerprint density at radius 2 is 1.80 bits per heavy atom. The summed E-state index contributed by atoms with van der Waals surface area (Å²) in [7, 11) is 0. The van der Waals surface area contributed by atoms with Crippen LogP contribution >= 0.6 is 0 Å². The first-order chi connectivity index (χ1) is 17.0. The van der Waals surface area contributed by atoms with Crippen LogP contribution in [0.2, 0.25) is 0 Å². The predicted octanol–water partition coefficient (Wildman–Crippen LogP) is 6.70. The minimum absolute atomic E-state index is 0.141. The first-order valence-electron chi connectivity index (χ1n) is 12.2. The molecule has 1 aliphatic rings. The highest BCUT2D eigenvalue weighted by atomic mass is 16.5. The normalized spacial score (nSPS) is 17.2. The highest BCUT2D eigenvalue weighted by Gasteiger charge is 2.22. The molecule has 1 saturated carbocycles. The third-order valence-corrected chi connectivity index (χ3v) is 6.45. The Bertz CT molecular complexity index is 1270. The highest BCUT2D eigenvalue weighted by molar-refractivity contribution is 6.01. The number of nitrogens with zero attached hydrogens (tertiary/aromatic N) is 2. The second kappa shape index (κ2) is 11.3. The van der Waals surface area contributed by atoms with Gasteiger partial charge in [-0.3, -0.25) is 0 Å². The monoisotopic (exact) mass is 472 g/mol. The van der Waals surface area contributed by atoms with Crippen molar-refractivity contribution in [3.8, 4) is 22.5 Å². The summed E-state index contributed by atoms with van der Waals surface area (Å²) in [6, 6.07) is 18.8. The van der Waals surface area contributed by atoms with Gasteiger partial charge in [-0.05, 0) is 49.7 Å². The van der Waals surface area contributed by atoms with Gasteiger partial charge >= 0.3 is 5.97 Å². The van der Waals surface area contributed by atoms with E-state index in [9.17, 15) is 4.79 Å². The lowest BCUT2D eigenvalue weighted by Crippen LogP contribution is -2.15. The molecule has 2 aromatic heterocycles. The number of aryl methyl sites for hydroxylation is 2. The quantitative estimate of drug-likeness (QED) is 0.336. The van der Waals surface area contributed by atoms with Crippen LogP contribution in [0.15, 0.2) is 65.3 Å². The minimum Gasteiger partial charge on any atom is -0.480 e. The summed E-state index contributed by atoms with van der Waals surface area (Å²) in [5.74, 6) is 0.678. The van der Waals surface area contributed by atoms with Crippen molar-refractivity contribution in [3.63, 3.8) is 0 Å². The van der Waals surface area contributed by atoms with E-state index in [1.807, 2.05) is 25.1 Å². The number of benzene rings is 2. The van der Waals surface area contributed by atoms with Gasteiger partial charge in [0.1, 0.15) is 18.7 Å². The Morgan fingerprint density at radius 1 is 1.06 bits per heavy atom. The second-order valence-corrected chi connectivity index (χ2v) is 9.11. The first-order valence-corrected chi connectivity index (χ1v) is 12.2. The number of furan rings is 1. The van der Waals surface area contributed by atoms with Crippen LogP contribution in [-0.4, -0.2) is 33.8 Å². The van der Waals surface area contributed by atoms with E-state index in [-0.39, 0.29) is 12.7 Å². The third kappa shape index (κ3) is 5.95. The molecule has 182 valence electrons. The average Bonchev–Trinajstić information content (AvgIpc) is 3.48.